The lowest BCUT2D eigenvalue weighted by Gasteiger charge is -2.24. The summed E-state index contributed by atoms with van der Waals surface area (Å²) in [5.74, 6) is -1.10. The molecule has 0 aliphatic heterocycles. The fourth-order valence-electron chi connectivity index (χ4n) is 3.91. The zero-order valence-corrected chi connectivity index (χ0v) is 13.7. The van der Waals surface area contributed by atoms with Crippen LogP contribution in [0.4, 0.5) is 0 Å². The topological polar surface area (TPSA) is 84.9 Å². The first kappa shape index (κ1) is 16.4. The summed E-state index contributed by atoms with van der Waals surface area (Å²) in [4.78, 5) is 24.1. The molecule has 1 saturated carbocycles. The van der Waals surface area contributed by atoms with E-state index in [0.717, 1.165) is 12.0 Å². The van der Waals surface area contributed by atoms with Crippen molar-refractivity contribution >= 4 is 11.9 Å². The molecule has 1 aromatic carbocycles. The van der Waals surface area contributed by atoms with Crippen molar-refractivity contribution in [3.05, 3.63) is 35.9 Å². The number of amides is 1. The average Bonchev–Trinajstić information content (AvgIpc) is 3.20. The van der Waals surface area contributed by atoms with Gasteiger partial charge in [0.2, 0.25) is 5.91 Å². The molecule has 0 spiro atoms. The average molecular weight is 331 g/mol. The highest BCUT2D eigenvalue weighted by Gasteiger charge is 2.51. The van der Waals surface area contributed by atoms with Gasteiger partial charge in [0, 0.05) is 12.1 Å². The Morgan fingerprint density at radius 1 is 1.17 bits per heavy atom. The molecule has 1 amide bonds. The Morgan fingerprint density at radius 2 is 1.88 bits per heavy atom. The van der Waals surface area contributed by atoms with Gasteiger partial charge in [-0.2, -0.15) is 0 Å². The Hall–Kier alpha value is -2.50. The largest absolute Gasteiger partial charge is 0.493 e. The van der Waals surface area contributed by atoms with Crippen LogP contribution >= 0.6 is 0 Å². The van der Waals surface area contributed by atoms with E-state index in [1.54, 1.807) is 20.3 Å². The predicted molar refractivity (Wildman–Crippen MR) is 86.7 cm³/mol. The van der Waals surface area contributed by atoms with Crippen LogP contribution in [0.3, 0.4) is 0 Å². The van der Waals surface area contributed by atoms with Crippen LogP contribution in [0.1, 0.15) is 12.0 Å². The number of rotatable bonds is 6. The van der Waals surface area contributed by atoms with E-state index in [2.05, 4.69) is 5.32 Å². The van der Waals surface area contributed by atoms with Crippen molar-refractivity contribution in [1.29, 1.82) is 0 Å². The quantitative estimate of drug-likeness (QED) is 0.777. The number of aliphatic carboxylic acids is 1. The summed E-state index contributed by atoms with van der Waals surface area (Å²) in [6.45, 7) is 0.267. The fraction of sp³-hybridized carbons (Fsp3) is 0.444. The van der Waals surface area contributed by atoms with Gasteiger partial charge in [-0.25, -0.2) is 0 Å². The molecule has 4 unspecified atom stereocenters. The first-order chi connectivity index (χ1) is 11.6. The van der Waals surface area contributed by atoms with Gasteiger partial charge in [0.15, 0.2) is 11.5 Å². The second-order valence-corrected chi connectivity index (χ2v) is 6.21. The van der Waals surface area contributed by atoms with Crippen LogP contribution in [0.2, 0.25) is 0 Å². The summed E-state index contributed by atoms with van der Waals surface area (Å²) >= 11 is 0. The molecule has 1 aromatic rings. The molecule has 128 valence electrons. The number of hydrogen-bond acceptors (Lipinski definition) is 4. The van der Waals surface area contributed by atoms with Gasteiger partial charge in [0.05, 0.1) is 26.1 Å². The van der Waals surface area contributed by atoms with Crippen LogP contribution in [0, 0.1) is 23.7 Å². The number of nitrogens with one attached hydrogen (secondary N) is 1. The van der Waals surface area contributed by atoms with E-state index in [0.29, 0.717) is 11.5 Å². The molecular formula is C18H21NO5. The van der Waals surface area contributed by atoms with Crippen molar-refractivity contribution in [2.75, 3.05) is 14.2 Å². The second-order valence-electron chi connectivity index (χ2n) is 6.21. The first-order valence-electron chi connectivity index (χ1n) is 7.95. The lowest BCUT2D eigenvalue weighted by atomic mass is 9.82. The molecule has 0 radical (unpaired) electrons. The van der Waals surface area contributed by atoms with E-state index in [-0.39, 0.29) is 24.3 Å². The fourth-order valence-corrected chi connectivity index (χ4v) is 3.91. The number of carbonyl (C=O) groups is 2. The number of carbonyl (C=O) groups excluding carboxylic acids is 1. The van der Waals surface area contributed by atoms with E-state index < -0.39 is 17.8 Å². The smallest absolute Gasteiger partial charge is 0.307 e. The minimum absolute atomic E-state index is 0.0169. The number of benzene rings is 1. The molecule has 6 nitrogen and oxygen atoms in total. The number of para-hydroxylation sites is 1. The van der Waals surface area contributed by atoms with Crippen molar-refractivity contribution in [2.24, 2.45) is 23.7 Å². The molecular weight excluding hydrogens is 310 g/mol. The van der Waals surface area contributed by atoms with Crippen LogP contribution in [0.15, 0.2) is 30.4 Å². The highest BCUT2D eigenvalue weighted by Crippen LogP contribution is 2.48. The van der Waals surface area contributed by atoms with Gasteiger partial charge in [-0.15, -0.1) is 0 Å². The number of methoxy groups -OCH3 is 2. The standard InChI is InChI=1S/C18H21NO5/c1-23-13-5-3-4-12(16(13)24-2)9-19-17(20)14-10-6-7-11(8-10)15(14)18(21)22/h3-7,10-11,14-15H,8-9H2,1-2H3,(H,19,20)(H,21,22). The molecule has 0 saturated heterocycles. The van der Waals surface area contributed by atoms with Crippen molar-refractivity contribution in [1.82, 2.24) is 5.32 Å². The molecule has 24 heavy (non-hydrogen) atoms. The first-order valence-corrected chi connectivity index (χ1v) is 7.95. The Labute approximate surface area is 140 Å². The minimum Gasteiger partial charge on any atom is -0.493 e. The molecule has 6 heteroatoms. The summed E-state index contributed by atoms with van der Waals surface area (Å²) in [7, 11) is 3.10. The normalized spacial score (nSPS) is 27.1. The third-order valence-electron chi connectivity index (χ3n) is 4.98. The van der Waals surface area contributed by atoms with Crippen LogP contribution in [0.5, 0.6) is 11.5 Å². The number of fused-ring (bicyclic) bond motifs is 2. The van der Waals surface area contributed by atoms with Gasteiger partial charge < -0.3 is 19.9 Å². The Kier molecular flexibility index (Phi) is 4.46. The summed E-state index contributed by atoms with van der Waals surface area (Å²) in [5.41, 5.74) is 0.788. The van der Waals surface area contributed by atoms with Crippen LogP contribution in [0.25, 0.3) is 0 Å². The maximum absolute atomic E-state index is 12.6. The molecule has 2 N–H and O–H groups in total. The van der Waals surface area contributed by atoms with E-state index in [9.17, 15) is 14.7 Å². The van der Waals surface area contributed by atoms with Gasteiger partial charge in [-0.3, -0.25) is 9.59 Å². The summed E-state index contributed by atoms with van der Waals surface area (Å²) in [6.07, 6.45) is 4.65. The Balaban J connectivity index is 1.72. The highest BCUT2D eigenvalue weighted by molar-refractivity contribution is 5.86. The number of hydrogen-bond donors (Lipinski definition) is 2. The van der Waals surface area contributed by atoms with Crippen LogP contribution < -0.4 is 14.8 Å². The van der Waals surface area contributed by atoms with E-state index in [1.165, 1.54) is 0 Å². The summed E-state index contributed by atoms with van der Waals surface area (Å²) < 4.78 is 10.6. The zero-order chi connectivity index (χ0) is 17.3. The monoisotopic (exact) mass is 331 g/mol. The number of allylic oxidation sites excluding steroid dienone is 2. The van der Waals surface area contributed by atoms with Gasteiger partial charge in [-0.1, -0.05) is 24.3 Å². The van der Waals surface area contributed by atoms with Gasteiger partial charge in [0.1, 0.15) is 0 Å². The lowest BCUT2D eigenvalue weighted by molar-refractivity contribution is -0.147. The highest BCUT2D eigenvalue weighted by atomic mass is 16.5. The maximum atomic E-state index is 12.6. The van der Waals surface area contributed by atoms with Crippen molar-refractivity contribution in [3.8, 4) is 11.5 Å². The minimum atomic E-state index is -0.897. The van der Waals surface area contributed by atoms with Crippen molar-refractivity contribution in [3.63, 3.8) is 0 Å². The van der Waals surface area contributed by atoms with Crippen LogP contribution in [-0.2, 0) is 16.1 Å². The zero-order valence-electron chi connectivity index (χ0n) is 13.7. The summed E-state index contributed by atoms with van der Waals surface area (Å²) in [6, 6.07) is 5.45. The molecule has 1 fully saturated rings. The van der Waals surface area contributed by atoms with E-state index in [4.69, 9.17) is 9.47 Å². The SMILES string of the molecule is COc1cccc(CNC(=O)C2C3C=CC(C3)C2C(=O)O)c1OC. The van der Waals surface area contributed by atoms with E-state index >= 15 is 0 Å². The number of carboxylic acid groups (broad SMARTS) is 1. The summed E-state index contributed by atoms with van der Waals surface area (Å²) in [5, 5.41) is 12.3. The van der Waals surface area contributed by atoms with Gasteiger partial charge >= 0.3 is 5.97 Å². The van der Waals surface area contributed by atoms with E-state index in [1.807, 2.05) is 24.3 Å². The molecule has 0 aromatic heterocycles. The third kappa shape index (κ3) is 2.72. The maximum Gasteiger partial charge on any atom is 0.307 e. The molecule has 2 bridgehead atoms. The lowest BCUT2D eigenvalue weighted by Crippen LogP contribution is -2.39. The second kappa shape index (κ2) is 6.55. The van der Waals surface area contributed by atoms with Crippen molar-refractivity contribution in [2.45, 2.75) is 13.0 Å². The number of ether oxygens (including phenoxy) is 2. The van der Waals surface area contributed by atoms with Crippen LogP contribution in [-0.4, -0.2) is 31.2 Å². The molecule has 4 atom stereocenters. The van der Waals surface area contributed by atoms with Crippen molar-refractivity contribution < 1.29 is 24.2 Å². The predicted octanol–water partition coefficient (Wildman–Crippen LogP) is 1.84. The molecule has 3 rings (SSSR count). The Morgan fingerprint density at radius 3 is 2.50 bits per heavy atom. The molecule has 0 heterocycles. The number of carboxylic acids is 1. The Bertz CT molecular complexity index is 684. The third-order valence-corrected chi connectivity index (χ3v) is 4.98. The van der Waals surface area contributed by atoms with Gasteiger partial charge in [-0.05, 0) is 24.3 Å². The van der Waals surface area contributed by atoms with Gasteiger partial charge in [0.25, 0.3) is 0 Å². The molecule has 2 aliphatic rings. The molecule has 2 aliphatic carbocycles.